The predicted molar refractivity (Wildman–Crippen MR) is 67.7 cm³/mol. The van der Waals surface area contributed by atoms with Crippen LogP contribution in [0.5, 0.6) is 0 Å². The van der Waals surface area contributed by atoms with Crippen molar-refractivity contribution in [2.75, 3.05) is 13.2 Å². The molecule has 17 heavy (non-hydrogen) atoms. The highest BCUT2D eigenvalue weighted by molar-refractivity contribution is 7.80. The first-order valence-electron chi connectivity index (χ1n) is 5.79. The Labute approximate surface area is 106 Å². The number of rotatable bonds is 4. The maximum atomic E-state index is 5.49. The van der Waals surface area contributed by atoms with Crippen molar-refractivity contribution in [3.05, 3.63) is 17.5 Å². The predicted octanol–water partition coefficient (Wildman–Crippen LogP) is 1.13. The van der Waals surface area contributed by atoms with Gasteiger partial charge in [-0.3, -0.25) is 0 Å². The fourth-order valence-corrected chi connectivity index (χ4v) is 1.90. The fraction of sp³-hybridized carbons (Fsp3) is 0.636. The molecule has 6 heteroatoms. The SMILES string of the molecule is Cc1cc(CNC(=S)NCC2CCCO2)no1. The molecule has 1 aliphatic rings. The first-order chi connectivity index (χ1) is 8.24. The van der Waals surface area contributed by atoms with Gasteiger partial charge >= 0.3 is 0 Å². The number of aryl methyl sites for hydroxylation is 1. The lowest BCUT2D eigenvalue weighted by atomic mass is 10.2. The Morgan fingerprint density at radius 1 is 1.59 bits per heavy atom. The molecule has 1 aliphatic heterocycles. The van der Waals surface area contributed by atoms with Gasteiger partial charge in [-0.05, 0) is 32.0 Å². The van der Waals surface area contributed by atoms with E-state index < -0.39 is 0 Å². The lowest BCUT2D eigenvalue weighted by molar-refractivity contribution is 0.114. The van der Waals surface area contributed by atoms with Gasteiger partial charge in [-0.25, -0.2) is 0 Å². The topological polar surface area (TPSA) is 59.3 Å². The molecule has 94 valence electrons. The summed E-state index contributed by atoms with van der Waals surface area (Å²) in [6.45, 7) is 4.08. The van der Waals surface area contributed by atoms with Crippen LogP contribution in [0.25, 0.3) is 0 Å². The third-order valence-corrected chi connectivity index (χ3v) is 2.91. The second-order valence-corrected chi connectivity index (χ2v) is 4.54. The van der Waals surface area contributed by atoms with E-state index in [0.29, 0.717) is 17.8 Å². The van der Waals surface area contributed by atoms with Gasteiger partial charge in [0.15, 0.2) is 5.11 Å². The van der Waals surface area contributed by atoms with Crippen LogP contribution in [0.1, 0.15) is 24.3 Å². The van der Waals surface area contributed by atoms with Gasteiger partial charge < -0.3 is 19.9 Å². The Balaban J connectivity index is 1.63. The first kappa shape index (κ1) is 12.3. The van der Waals surface area contributed by atoms with E-state index in [1.54, 1.807) is 0 Å². The monoisotopic (exact) mass is 255 g/mol. The fourth-order valence-electron chi connectivity index (χ4n) is 1.75. The Bertz CT molecular complexity index is 375. The molecule has 1 fully saturated rings. The van der Waals surface area contributed by atoms with E-state index in [1.807, 2.05) is 13.0 Å². The largest absolute Gasteiger partial charge is 0.376 e. The first-order valence-corrected chi connectivity index (χ1v) is 6.20. The van der Waals surface area contributed by atoms with Crippen LogP contribution in [-0.4, -0.2) is 29.5 Å². The summed E-state index contributed by atoms with van der Waals surface area (Å²) in [4.78, 5) is 0. The van der Waals surface area contributed by atoms with Crippen LogP contribution in [0.3, 0.4) is 0 Å². The van der Waals surface area contributed by atoms with Gasteiger partial charge in [0.2, 0.25) is 0 Å². The number of hydrogen-bond donors (Lipinski definition) is 2. The van der Waals surface area contributed by atoms with Gasteiger partial charge in [0.25, 0.3) is 0 Å². The second-order valence-electron chi connectivity index (χ2n) is 4.13. The molecule has 2 N–H and O–H groups in total. The van der Waals surface area contributed by atoms with Gasteiger partial charge in [-0.2, -0.15) is 0 Å². The quantitative estimate of drug-likeness (QED) is 0.786. The molecule has 0 aromatic carbocycles. The summed E-state index contributed by atoms with van der Waals surface area (Å²) in [7, 11) is 0. The maximum Gasteiger partial charge on any atom is 0.166 e. The molecule has 1 aromatic heterocycles. The molecule has 2 heterocycles. The summed E-state index contributed by atoms with van der Waals surface area (Å²) in [6.07, 6.45) is 2.55. The minimum atomic E-state index is 0.295. The van der Waals surface area contributed by atoms with Crippen molar-refractivity contribution in [1.29, 1.82) is 0 Å². The highest BCUT2D eigenvalue weighted by Crippen LogP contribution is 2.10. The van der Waals surface area contributed by atoms with Gasteiger partial charge in [0, 0.05) is 19.2 Å². The van der Waals surface area contributed by atoms with Gasteiger partial charge in [0.1, 0.15) is 11.5 Å². The molecule has 2 rings (SSSR count). The minimum absolute atomic E-state index is 0.295. The molecular formula is C11H17N3O2S. The summed E-state index contributed by atoms with van der Waals surface area (Å²) < 4.78 is 10.5. The summed E-state index contributed by atoms with van der Waals surface area (Å²) >= 11 is 5.16. The van der Waals surface area contributed by atoms with Gasteiger partial charge in [-0.1, -0.05) is 5.16 Å². The Morgan fingerprint density at radius 3 is 3.12 bits per heavy atom. The average Bonchev–Trinajstić information content (AvgIpc) is 2.95. The van der Waals surface area contributed by atoms with Crippen LogP contribution in [-0.2, 0) is 11.3 Å². The highest BCUT2D eigenvalue weighted by Gasteiger charge is 2.15. The number of hydrogen-bond acceptors (Lipinski definition) is 4. The zero-order chi connectivity index (χ0) is 12.1. The van der Waals surface area contributed by atoms with E-state index in [4.69, 9.17) is 21.5 Å². The van der Waals surface area contributed by atoms with E-state index >= 15 is 0 Å². The number of nitrogens with zero attached hydrogens (tertiary/aromatic N) is 1. The zero-order valence-corrected chi connectivity index (χ0v) is 10.7. The summed E-state index contributed by atoms with van der Waals surface area (Å²) in [5.74, 6) is 0.806. The van der Waals surface area contributed by atoms with Crippen molar-refractivity contribution in [3.8, 4) is 0 Å². The molecular weight excluding hydrogens is 238 g/mol. The van der Waals surface area contributed by atoms with Crippen molar-refractivity contribution in [3.63, 3.8) is 0 Å². The summed E-state index contributed by atoms with van der Waals surface area (Å²) in [5, 5.41) is 10.7. The van der Waals surface area contributed by atoms with Crippen molar-refractivity contribution in [2.24, 2.45) is 0 Å². The average molecular weight is 255 g/mol. The Morgan fingerprint density at radius 2 is 2.47 bits per heavy atom. The molecule has 1 atom stereocenters. The van der Waals surface area contributed by atoms with Crippen LogP contribution in [0.15, 0.2) is 10.6 Å². The molecule has 5 nitrogen and oxygen atoms in total. The normalized spacial score (nSPS) is 19.2. The number of ether oxygens (including phenoxy) is 1. The third kappa shape index (κ3) is 3.98. The Hall–Kier alpha value is -1.14. The maximum absolute atomic E-state index is 5.49. The summed E-state index contributed by atoms with van der Waals surface area (Å²) in [6, 6.07) is 1.88. The van der Waals surface area contributed by atoms with E-state index in [0.717, 1.165) is 37.4 Å². The smallest absolute Gasteiger partial charge is 0.166 e. The van der Waals surface area contributed by atoms with Crippen LogP contribution in [0, 0.1) is 6.92 Å². The van der Waals surface area contributed by atoms with Crippen LogP contribution in [0.2, 0.25) is 0 Å². The van der Waals surface area contributed by atoms with Crippen molar-refractivity contribution >= 4 is 17.3 Å². The molecule has 0 spiro atoms. The van der Waals surface area contributed by atoms with E-state index in [-0.39, 0.29) is 0 Å². The third-order valence-electron chi connectivity index (χ3n) is 2.62. The van der Waals surface area contributed by atoms with Gasteiger partial charge in [-0.15, -0.1) is 0 Å². The van der Waals surface area contributed by atoms with Crippen LogP contribution in [0.4, 0.5) is 0 Å². The highest BCUT2D eigenvalue weighted by atomic mass is 32.1. The number of aromatic nitrogens is 1. The number of thiocarbonyl (C=S) groups is 1. The molecule has 0 saturated carbocycles. The van der Waals surface area contributed by atoms with Gasteiger partial charge in [0.05, 0.1) is 12.6 Å². The van der Waals surface area contributed by atoms with Crippen molar-refractivity contribution in [2.45, 2.75) is 32.4 Å². The lowest BCUT2D eigenvalue weighted by Crippen LogP contribution is -2.39. The van der Waals surface area contributed by atoms with E-state index in [1.165, 1.54) is 0 Å². The van der Waals surface area contributed by atoms with Crippen molar-refractivity contribution in [1.82, 2.24) is 15.8 Å². The Kier molecular flexibility index (Phi) is 4.33. The van der Waals surface area contributed by atoms with Crippen LogP contribution >= 0.6 is 12.2 Å². The zero-order valence-electron chi connectivity index (χ0n) is 9.86. The molecule has 0 bridgehead atoms. The molecule has 0 radical (unpaired) electrons. The standard InChI is InChI=1S/C11H17N3O2S/c1-8-5-9(14-16-8)6-12-11(17)13-7-10-3-2-4-15-10/h5,10H,2-4,6-7H2,1H3,(H2,12,13,17). The van der Waals surface area contributed by atoms with E-state index in [2.05, 4.69) is 15.8 Å². The minimum Gasteiger partial charge on any atom is -0.376 e. The van der Waals surface area contributed by atoms with E-state index in [9.17, 15) is 0 Å². The van der Waals surface area contributed by atoms with Crippen molar-refractivity contribution < 1.29 is 9.26 Å². The molecule has 1 unspecified atom stereocenters. The van der Waals surface area contributed by atoms with Crippen LogP contribution < -0.4 is 10.6 Å². The number of nitrogens with one attached hydrogen (secondary N) is 2. The second kappa shape index (κ2) is 5.97. The summed E-state index contributed by atoms with van der Waals surface area (Å²) in [5.41, 5.74) is 0.851. The molecule has 1 aromatic rings. The lowest BCUT2D eigenvalue weighted by Gasteiger charge is -2.13. The molecule has 0 amide bonds. The molecule has 0 aliphatic carbocycles. The molecule has 1 saturated heterocycles.